The molecule has 15 heavy (non-hydrogen) atoms. The van der Waals surface area contributed by atoms with Crippen molar-refractivity contribution < 1.29 is 23.1 Å². The zero-order valence-electron chi connectivity index (χ0n) is 7.71. The van der Waals surface area contributed by atoms with Crippen molar-refractivity contribution >= 4 is 6.29 Å². The molecule has 0 bridgehead atoms. The van der Waals surface area contributed by atoms with Crippen LogP contribution in [0.1, 0.15) is 17.5 Å². The number of phenols is 1. The van der Waals surface area contributed by atoms with Gasteiger partial charge in [0.1, 0.15) is 12.0 Å². The van der Waals surface area contributed by atoms with Gasteiger partial charge < -0.3 is 9.90 Å². The number of carbonyl (C=O) groups excluding carboxylic acids is 1. The lowest BCUT2D eigenvalue weighted by Gasteiger charge is -2.10. The van der Waals surface area contributed by atoms with Crippen molar-refractivity contribution in [2.24, 2.45) is 0 Å². The summed E-state index contributed by atoms with van der Waals surface area (Å²) in [5, 5.41) is 9.01. The number of phenolic OH excluding ortho intramolecular Hbond substituents is 1. The van der Waals surface area contributed by atoms with Crippen LogP contribution in [0.15, 0.2) is 18.2 Å². The fraction of sp³-hybridized carbons (Fsp3) is 0.300. The highest BCUT2D eigenvalue weighted by atomic mass is 19.4. The van der Waals surface area contributed by atoms with Crippen molar-refractivity contribution in [3.8, 4) is 5.75 Å². The summed E-state index contributed by atoms with van der Waals surface area (Å²) in [5.74, 6) is -0.794. The fourth-order valence-electron chi connectivity index (χ4n) is 1.19. The lowest BCUT2D eigenvalue weighted by atomic mass is 10.1. The van der Waals surface area contributed by atoms with Crippen molar-refractivity contribution in [2.45, 2.75) is 19.0 Å². The maximum Gasteiger partial charge on any atom is 0.419 e. The van der Waals surface area contributed by atoms with Crippen molar-refractivity contribution in [1.29, 1.82) is 0 Å². The summed E-state index contributed by atoms with van der Waals surface area (Å²) in [4.78, 5) is 10.1. The van der Waals surface area contributed by atoms with Gasteiger partial charge in [0.25, 0.3) is 0 Å². The molecule has 0 heterocycles. The molecule has 0 aromatic heterocycles. The molecule has 5 heteroatoms. The molecule has 1 N–H and O–H groups in total. The Kier molecular flexibility index (Phi) is 3.34. The quantitative estimate of drug-likeness (QED) is 0.791. The second-order valence-electron chi connectivity index (χ2n) is 3.05. The largest absolute Gasteiger partial charge is 0.507 e. The lowest BCUT2D eigenvalue weighted by molar-refractivity contribution is -0.138. The predicted molar refractivity (Wildman–Crippen MR) is 47.5 cm³/mol. The Bertz CT molecular complexity index is 358. The summed E-state index contributed by atoms with van der Waals surface area (Å²) in [6, 6.07) is 3.22. The third-order valence-electron chi connectivity index (χ3n) is 1.92. The zero-order chi connectivity index (χ0) is 11.5. The van der Waals surface area contributed by atoms with E-state index in [1.807, 2.05) is 0 Å². The van der Waals surface area contributed by atoms with Crippen LogP contribution in [0.3, 0.4) is 0 Å². The van der Waals surface area contributed by atoms with Crippen molar-refractivity contribution in [3.63, 3.8) is 0 Å². The van der Waals surface area contributed by atoms with E-state index in [9.17, 15) is 18.0 Å². The Hall–Kier alpha value is -1.52. The number of aryl methyl sites for hydroxylation is 1. The minimum atomic E-state index is -4.57. The van der Waals surface area contributed by atoms with E-state index in [1.165, 1.54) is 6.07 Å². The molecule has 0 aliphatic carbocycles. The van der Waals surface area contributed by atoms with Crippen LogP contribution < -0.4 is 0 Å². The number of aromatic hydroxyl groups is 1. The third-order valence-corrected chi connectivity index (χ3v) is 1.92. The standard InChI is InChI=1S/C10H9F3O2/c11-10(12,13)8-6-7(2-1-5-14)3-4-9(8)15/h3-6,15H,1-2H2. The highest BCUT2D eigenvalue weighted by Crippen LogP contribution is 2.36. The number of hydrogen-bond donors (Lipinski definition) is 1. The fourth-order valence-corrected chi connectivity index (χ4v) is 1.19. The molecule has 0 fully saturated rings. The van der Waals surface area contributed by atoms with Gasteiger partial charge in [-0.25, -0.2) is 0 Å². The molecule has 0 aliphatic heterocycles. The Morgan fingerprint density at radius 3 is 2.53 bits per heavy atom. The average Bonchev–Trinajstić information content (AvgIpc) is 2.15. The van der Waals surface area contributed by atoms with Gasteiger partial charge in [0.15, 0.2) is 0 Å². The monoisotopic (exact) mass is 218 g/mol. The Labute approximate surface area is 84.3 Å². The maximum atomic E-state index is 12.3. The Morgan fingerprint density at radius 1 is 1.33 bits per heavy atom. The van der Waals surface area contributed by atoms with E-state index in [2.05, 4.69) is 0 Å². The van der Waals surface area contributed by atoms with Gasteiger partial charge in [-0.15, -0.1) is 0 Å². The molecule has 1 aromatic carbocycles. The Balaban J connectivity index is 3.00. The van der Waals surface area contributed by atoms with Gasteiger partial charge >= 0.3 is 6.18 Å². The van der Waals surface area contributed by atoms with Gasteiger partial charge in [0.05, 0.1) is 5.56 Å². The second-order valence-corrected chi connectivity index (χ2v) is 3.05. The van der Waals surface area contributed by atoms with Gasteiger partial charge in [-0.3, -0.25) is 0 Å². The van der Waals surface area contributed by atoms with Crippen LogP contribution in [0.5, 0.6) is 5.75 Å². The van der Waals surface area contributed by atoms with Gasteiger partial charge in [0.2, 0.25) is 0 Å². The highest BCUT2D eigenvalue weighted by Gasteiger charge is 2.33. The number of benzene rings is 1. The molecule has 0 amide bonds. The number of halogens is 3. The van der Waals surface area contributed by atoms with E-state index in [0.717, 1.165) is 12.1 Å². The molecule has 0 saturated carbocycles. The minimum absolute atomic E-state index is 0.169. The summed E-state index contributed by atoms with van der Waals surface area (Å²) < 4.78 is 37.0. The average molecular weight is 218 g/mol. The van der Waals surface area contributed by atoms with Gasteiger partial charge in [-0.05, 0) is 24.1 Å². The summed E-state index contributed by atoms with van der Waals surface area (Å²) >= 11 is 0. The van der Waals surface area contributed by atoms with Crippen LogP contribution in [0.25, 0.3) is 0 Å². The molecule has 2 nitrogen and oxygen atoms in total. The molecule has 82 valence electrons. The zero-order valence-corrected chi connectivity index (χ0v) is 7.71. The molecule has 0 radical (unpaired) electrons. The van der Waals surface area contributed by atoms with Crippen LogP contribution in [0.4, 0.5) is 13.2 Å². The first-order chi connectivity index (χ1) is 6.95. The smallest absolute Gasteiger partial charge is 0.419 e. The van der Waals surface area contributed by atoms with Crippen molar-refractivity contribution in [2.75, 3.05) is 0 Å². The molecule has 0 spiro atoms. The molecule has 1 rings (SSSR count). The van der Waals surface area contributed by atoms with E-state index >= 15 is 0 Å². The molecule has 0 saturated heterocycles. The predicted octanol–water partition coefficient (Wildman–Crippen LogP) is 2.54. The van der Waals surface area contributed by atoms with E-state index in [-0.39, 0.29) is 12.8 Å². The molecule has 0 unspecified atom stereocenters. The van der Waals surface area contributed by atoms with Gasteiger partial charge in [-0.2, -0.15) is 13.2 Å². The van der Waals surface area contributed by atoms with E-state index in [4.69, 9.17) is 5.11 Å². The third kappa shape index (κ3) is 2.97. The molecular weight excluding hydrogens is 209 g/mol. The van der Waals surface area contributed by atoms with E-state index in [1.54, 1.807) is 0 Å². The SMILES string of the molecule is O=CCCc1ccc(O)c(C(F)(F)F)c1. The van der Waals surface area contributed by atoms with Crippen LogP contribution in [0.2, 0.25) is 0 Å². The van der Waals surface area contributed by atoms with Gasteiger partial charge in [0, 0.05) is 6.42 Å². The van der Waals surface area contributed by atoms with Crippen molar-refractivity contribution in [1.82, 2.24) is 0 Å². The summed E-state index contributed by atoms with van der Waals surface area (Å²) in [5.41, 5.74) is -0.682. The first-order valence-corrected chi connectivity index (χ1v) is 4.28. The van der Waals surface area contributed by atoms with Crippen LogP contribution in [0, 0.1) is 0 Å². The van der Waals surface area contributed by atoms with Gasteiger partial charge in [-0.1, -0.05) is 6.07 Å². The first kappa shape index (κ1) is 11.6. The molecule has 0 atom stereocenters. The van der Waals surface area contributed by atoms with Crippen LogP contribution >= 0.6 is 0 Å². The van der Waals surface area contributed by atoms with Crippen LogP contribution in [-0.2, 0) is 17.4 Å². The second kappa shape index (κ2) is 4.33. The number of aldehydes is 1. The van der Waals surface area contributed by atoms with E-state index in [0.29, 0.717) is 11.8 Å². The minimum Gasteiger partial charge on any atom is -0.507 e. The first-order valence-electron chi connectivity index (χ1n) is 4.28. The summed E-state index contributed by atoms with van der Waals surface area (Å²) in [6.07, 6.45) is -3.52. The molecule has 0 aliphatic rings. The summed E-state index contributed by atoms with van der Waals surface area (Å²) in [7, 11) is 0. The van der Waals surface area contributed by atoms with Crippen molar-refractivity contribution in [3.05, 3.63) is 29.3 Å². The summed E-state index contributed by atoms with van der Waals surface area (Å²) in [6.45, 7) is 0. The number of alkyl halides is 3. The van der Waals surface area contributed by atoms with Crippen LogP contribution in [-0.4, -0.2) is 11.4 Å². The Morgan fingerprint density at radius 2 is 2.00 bits per heavy atom. The number of carbonyl (C=O) groups is 1. The molecule has 1 aromatic rings. The topological polar surface area (TPSA) is 37.3 Å². The maximum absolute atomic E-state index is 12.3. The number of rotatable bonds is 3. The number of hydrogen-bond acceptors (Lipinski definition) is 2. The van der Waals surface area contributed by atoms with E-state index < -0.39 is 17.5 Å². The highest BCUT2D eigenvalue weighted by molar-refractivity contribution is 5.50. The molecular formula is C10H9F3O2. The normalized spacial score (nSPS) is 11.4. The lowest BCUT2D eigenvalue weighted by Crippen LogP contribution is -2.06.